The zero-order valence-corrected chi connectivity index (χ0v) is 15.6. The van der Waals surface area contributed by atoms with E-state index >= 15 is 0 Å². The summed E-state index contributed by atoms with van der Waals surface area (Å²) in [6, 6.07) is 19.2. The Kier molecular flexibility index (Phi) is 4.69. The lowest BCUT2D eigenvalue weighted by Gasteiger charge is -2.08. The Bertz CT molecular complexity index is 1130. The van der Waals surface area contributed by atoms with Crippen molar-refractivity contribution in [1.29, 1.82) is 0 Å². The summed E-state index contributed by atoms with van der Waals surface area (Å²) in [5, 5.41) is 0.506. The first kappa shape index (κ1) is 17.4. The lowest BCUT2D eigenvalue weighted by Crippen LogP contribution is -2.22. The molecule has 5 nitrogen and oxygen atoms in total. The van der Waals surface area contributed by atoms with Crippen molar-refractivity contribution in [3.8, 4) is 11.4 Å². The van der Waals surface area contributed by atoms with Gasteiger partial charge in [-0.05, 0) is 42.8 Å². The Morgan fingerprint density at radius 1 is 1.07 bits per heavy atom. The van der Waals surface area contributed by atoms with E-state index in [1.165, 1.54) is 0 Å². The molecule has 0 saturated carbocycles. The fourth-order valence-corrected chi connectivity index (χ4v) is 3.23. The Morgan fingerprint density at radius 2 is 1.81 bits per heavy atom. The number of ether oxygens (including phenoxy) is 1. The molecule has 136 valence electrons. The van der Waals surface area contributed by atoms with Crippen LogP contribution in [0.5, 0.6) is 5.75 Å². The second-order valence-corrected chi connectivity index (χ2v) is 6.56. The van der Waals surface area contributed by atoms with Crippen LogP contribution in [-0.4, -0.2) is 14.1 Å². The zero-order chi connectivity index (χ0) is 18.8. The molecule has 0 amide bonds. The van der Waals surface area contributed by atoms with Crippen molar-refractivity contribution in [2.45, 2.75) is 20.1 Å². The Hall–Kier alpha value is -3.05. The average molecular weight is 380 g/mol. The number of nitrogens with zero attached hydrogens (tertiary/aromatic N) is 3. The molecule has 6 heteroatoms. The molecule has 4 aromatic rings. The molecular weight excluding hydrogens is 362 g/mol. The molecule has 0 saturated heterocycles. The Labute approximate surface area is 161 Å². The first-order valence-corrected chi connectivity index (χ1v) is 9.09. The molecule has 0 spiro atoms. The number of benzene rings is 2. The molecule has 27 heavy (non-hydrogen) atoms. The molecule has 2 aromatic carbocycles. The van der Waals surface area contributed by atoms with Gasteiger partial charge in [-0.3, -0.25) is 4.57 Å². The maximum Gasteiger partial charge on any atom is 0.334 e. The number of aromatic nitrogens is 3. The molecule has 0 N–H and O–H groups in total. The van der Waals surface area contributed by atoms with Gasteiger partial charge in [0.15, 0.2) is 5.65 Å². The van der Waals surface area contributed by atoms with E-state index in [0.29, 0.717) is 23.8 Å². The highest BCUT2D eigenvalue weighted by atomic mass is 35.5. The minimum atomic E-state index is -0.139. The van der Waals surface area contributed by atoms with E-state index in [9.17, 15) is 4.79 Å². The number of aryl methyl sites for hydroxylation is 1. The lowest BCUT2D eigenvalue weighted by atomic mass is 10.2. The SMILES string of the molecule is CCn1c(=O)n(-c2ccc(OCc3ccccc3)cc2)c2ncc(Cl)cc21. The van der Waals surface area contributed by atoms with Crippen LogP contribution < -0.4 is 10.4 Å². The molecular formula is C21H18ClN3O2. The smallest absolute Gasteiger partial charge is 0.334 e. The second-order valence-electron chi connectivity index (χ2n) is 6.13. The Morgan fingerprint density at radius 3 is 2.52 bits per heavy atom. The highest BCUT2D eigenvalue weighted by Gasteiger charge is 2.15. The summed E-state index contributed by atoms with van der Waals surface area (Å²) in [4.78, 5) is 17.2. The number of imidazole rings is 1. The summed E-state index contributed by atoms with van der Waals surface area (Å²) in [6.07, 6.45) is 1.55. The topological polar surface area (TPSA) is 49.0 Å². The van der Waals surface area contributed by atoms with Crippen LogP contribution in [0.4, 0.5) is 0 Å². The number of fused-ring (bicyclic) bond motifs is 1. The lowest BCUT2D eigenvalue weighted by molar-refractivity contribution is 0.306. The molecule has 2 aromatic heterocycles. The molecule has 0 aliphatic heterocycles. The van der Waals surface area contributed by atoms with E-state index in [4.69, 9.17) is 16.3 Å². The highest BCUT2D eigenvalue weighted by molar-refractivity contribution is 6.31. The van der Waals surface area contributed by atoms with Crippen molar-refractivity contribution >= 4 is 22.8 Å². The van der Waals surface area contributed by atoms with Crippen LogP contribution >= 0.6 is 11.6 Å². The van der Waals surface area contributed by atoms with Crippen LogP contribution in [0.3, 0.4) is 0 Å². The normalized spacial score (nSPS) is 11.0. The van der Waals surface area contributed by atoms with Crippen LogP contribution in [0.15, 0.2) is 71.7 Å². The van der Waals surface area contributed by atoms with Crippen molar-refractivity contribution in [3.63, 3.8) is 0 Å². The van der Waals surface area contributed by atoms with Crippen LogP contribution in [-0.2, 0) is 13.2 Å². The molecule has 0 unspecified atom stereocenters. The first-order valence-electron chi connectivity index (χ1n) is 8.71. The van der Waals surface area contributed by atoms with Gasteiger partial charge < -0.3 is 4.74 Å². The van der Waals surface area contributed by atoms with E-state index in [1.54, 1.807) is 21.4 Å². The van der Waals surface area contributed by atoms with Gasteiger partial charge in [-0.1, -0.05) is 41.9 Å². The number of halogens is 1. The van der Waals surface area contributed by atoms with Crippen LogP contribution in [0, 0.1) is 0 Å². The zero-order valence-electron chi connectivity index (χ0n) is 14.8. The van der Waals surface area contributed by atoms with Gasteiger partial charge in [-0.15, -0.1) is 0 Å². The number of hydrogen-bond donors (Lipinski definition) is 0. The monoisotopic (exact) mass is 379 g/mol. The first-order chi connectivity index (χ1) is 13.2. The van der Waals surface area contributed by atoms with Crippen LogP contribution in [0.2, 0.25) is 5.02 Å². The molecule has 0 atom stereocenters. The van der Waals surface area contributed by atoms with Gasteiger partial charge in [0.2, 0.25) is 0 Å². The third-order valence-corrected chi connectivity index (χ3v) is 4.60. The maximum atomic E-state index is 12.8. The number of pyridine rings is 1. The van der Waals surface area contributed by atoms with Gasteiger partial charge in [0.05, 0.1) is 16.2 Å². The molecule has 0 aliphatic rings. The predicted molar refractivity (Wildman–Crippen MR) is 107 cm³/mol. The molecule has 0 aliphatic carbocycles. The fraction of sp³-hybridized carbons (Fsp3) is 0.143. The summed E-state index contributed by atoms with van der Waals surface area (Å²) < 4.78 is 9.07. The molecule has 0 radical (unpaired) electrons. The van der Waals surface area contributed by atoms with E-state index in [2.05, 4.69) is 4.98 Å². The quantitative estimate of drug-likeness (QED) is 0.515. The van der Waals surface area contributed by atoms with Crippen molar-refractivity contribution in [3.05, 3.63) is 87.9 Å². The summed E-state index contributed by atoms with van der Waals surface area (Å²) in [5.74, 6) is 0.742. The third-order valence-electron chi connectivity index (χ3n) is 4.40. The molecule has 0 bridgehead atoms. The maximum absolute atomic E-state index is 12.8. The van der Waals surface area contributed by atoms with Crippen molar-refractivity contribution in [1.82, 2.24) is 14.1 Å². The van der Waals surface area contributed by atoms with E-state index in [0.717, 1.165) is 22.5 Å². The van der Waals surface area contributed by atoms with Gasteiger partial charge in [0, 0.05) is 12.7 Å². The molecule has 0 fully saturated rings. The number of hydrogen-bond acceptors (Lipinski definition) is 3. The fourth-order valence-electron chi connectivity index (χ4n) is 3.08. The van der Waals surface area contributed by atoms with Gasteiger partial charge >= 0.3 is 5.69 Å². The molecule has 4 rings (SSSR count). The largest absolute Gasteiger partial charge is 0.489 e. The summed E-state index contributed by atoms with van der Waals surface area (Å²) >= 11 is 6.06. The predicted octanol–water partition coefficient (Wildman–Crippen LogP) is 4.44. The van der Waals surface area contributed by atoms with Crippen molar-refractivity contribution in [2.24, 2.45) is 0 Å². The van der Waals surface area contributed by atoms with Gasteiger partial charge in [0.25, 0.3) is 0 Å². The third kappa shape index (κ3) is 3.34. The van der Waals surface area contributed by atoms with Crippen molar-refractivity contribution in [2.75, 3.05) is 0 Å². The van der Waals surface area contributed by atoms with Crippen LogP contribution in [0.1, 0.15) is 12.5 Å². The summed E-state index contributed by atoms with van der Waals surface area (Å²) in [6.45, 7) is 2.96. The minimum absolute atomic E-state index is 0.139. The number of rotatable bonds is 5. The molecule has 2 heterocycles. The minimum Gasteiger partial charge on any atom is -0.489 e. The van der Waals surface area contributed by atoms with E-state index in [1.807, 2.05) is 61.5 Å². The average Bonchev–Trinajstić information content (AvgIpc) is 2.98. The van der Waals surface area contributed by atoms with E-state index in [-0.39, 0.29) is 5.69 Å². The van der Waals surface area contributed by atoms with Crippen LogP contribution in [0.25, 0.3) is 16.9 Å². The van der Waals surface area contributed by atoms with Gasteiger partial charge in [-0.25, -0.2) is 14.3 Å². The van der Waals surface area contributed by atoms with Crippen molar-refractivity contribution < 1.29 is 4.74 Å². The Balaban J connectivity index is 1.66. The highest BCUT2D eigenvalue weighted by Crippen LogP contribution is 2.21. The summed E-state index contributed by atoms with van der Waals surface area (Å²) in [5.41, 5.74) is 3.01. The van der Waals surface area contributed by atoms with E-state index < -0.39 is 0 Å². The van der Waals surface area contributed by atoms with Gasteiger partial charge in [0.1, 0.15) is 12.4 Å². The standard InChI is InChI=1S/C21H18ClN3O2/c1-2-24-19-12-16(22)13-23-20(19)25(21(24)26)17-8-10-18(11-9-17)27-14-15-6-4-3-5-7-15/h3-13H,2,14H2,1H3. The summed E-state index contributed by atoms with van der Waals surface area (Å²) in [7, 11) is 0. The van der Waals surface area contributed by atoms with Gasteiger partial charge in [-0.2, -0.15) is 0 Å². The second kappa shape index (κ2) is 7.29.